The molecule has 21 heavy (non-hydrogen) atoms. The third kappa shape index (κ3) is 5.13. The van der Waals surface area contributed by atoms with Crippen molar-refractivity contribution < 1.29 is 4.79 Å². The van der Waals surface area contributed by atoms with E-state index in [0.717, 1.165) is 17.8 Å². The van der Waals surface area contributed by atoms with Gasteiger partial charge in [-0.05, 0) is 32.7 Å². The molecule has 1 N–H and O–H groups in total. The molecule has 1 heterocycles. The topological polar surface area (TPSA) is 45.2 Å². The fourth-order valence-electron chi connectivity index (χ4n) is 1.76. The SMILES string of the molecule is Cc1ccc(/C=C/C(=O)Nc2nc(CN(C)C)cs2)cc1. The van der Waals surface area contributed by atoms with Crippen LogP contribution < -0.4 is 5.32 Å². The molecule has 0 aliphatic heterocycles. The summed E-state index contributed by atoms with van der Waals surface area (Å²) in [4.78, 5) is 18.3. The summed E-state index contributed by atoms with van der Waals surface area (Å²) in [5.41, 5.74) is 3.17. The molecule has 0 atom stereocenters. The number of amides is 1. The summed E-state index contributed by atoms with van der Waals surface area (Å²) in [6.07, 6.45) is 3.32. The van der Waals surface area contributed by atoms with Gasteiger partial charge < -0.3 is 4.90 Å². The Labute approximate surface area is 129 Å². The molecule has 110 valence electrons. The molecule has 0 saturated heterocycles. The predicted molar refractivity (Wildman–Crippen MR) is 88.3 cm³/mol. The van der Waals surface area contributed by atoms with Gasteiger partial charge >= 0.3 is 0 Å². The minimum absolute atomic E-state index is 0.165. The average molecular weight is 301 g/mol. The first-order chi connectivity index (χ1) is 10.0. The molecule has 0 bridgehead atoms. The number of benzene rings is 1. The summed E-state index contributed by atoms with van der Waals surface area (Å²) in [6.45, 7) is 2.81. The van der Waals surface area contributed by atoms with E-state index in [4.69, 9.17) is 0 Å². The Morgan fingerprint density at radius 3 is 2.71 bits per heavy atom. The van der Waals surface area contributed by atoms with Crippen molar-refractivity contribution in [2.45, 2.75) is 13.5 Å². The molecule has 0 saturated carbocycles. The molecule has 0 fully saturated rings. The van der Waals surface area contributed by atoms with Gasteiger partial charge in [-0.3, -0.25) is 10.1 Å². The van der Waals surface area contributed by atoms with E-state index < -0.39 is 0 Å². The zero-order chi connectivity index (χ0) is 15.2. The Hall–Kier alpha value is -1.98. The normalized spacial score (nSPS) is 11.2. The van der Waals surface area contributed by atoms with Crippen molar-refractivity contribution in [2.75, 3.05) is 19.4 Å². The Morgan fingerprint density at radius 1 is 1.33 bits per heavy atom. The molecule has 2 rings (SSSR count). The van der Waals surface area contributed by atoms with Gasteiger partial charge in [-0.25, -0.2) is 4.98 Å². The van der Waals surface area contributed by atoms with E-state index in [1.54, 1.807) is 6.08 Å². The molecular formula is C16H19N3OS. The number of hydrogen-bond acceptors (Lipinski definition) is 4. The third-order valence-corrected chi connectivity index (χ3v) is 3.57. The average Bonchev–Trinajstić information content (AvgIpc) is 2.84. The van der Waals surface area contributed by atoms with Crippen LogP contribution in [0.4, 0.5) is 5.13 Å². The summed E-state index contributed by atoms with van der Waals surface area (Å²) < 4.78 is 0. The van der Waals surface area contributed by atoms with Gasteiger partial charge in [0.15, 0.2) is 5.13 Å². The van der Waals surface area contributed by atoms with E-state index in [1.807, 2.05) is 55.6 Å². The zero-order valence-electron chi connectivity index (χ0n) is 12.5. The third-order valence-electron chi connectivity index (χ3n) is 2.76. The fraction of sp³-hybridized carbons (Fsp3) is 0.250. The highest BCUT2D eigenvalue weighted by atomic mass is 32.1. The number of aromatic nitrogens is 1. The Balaban J connectivity index is 1.92. The van der Waals surface area contributed by atoms with Gasteiger partial charge in [-0.2, -0.15) is 0 Å². The number of nitrogens with one attached hydrogen (secondary N) is 1. The molecule has 1 aromatic carbocycles. The number of aryl methyl sites for hydroxylation is 1. The summed E-state index contributed by atoms with van der Waals surface area (Å²) in [6, 6.07) is 8.01. The molecule has 0 aliphatic rings. The summed E-state index contributed by atoms with van der Waals surface area (Å²) in [5, 5.41) is 5.37. The van der Waals surface area contributed by atoms with Crippen molar-refractivity contribution >= 4 is 28.5 Å². The maximum atomic E-state index is 11.8. The second-order valence-corrected chi connectivity index (χ2v) is 5.97. The monoisotopic (exact) mass is 301 g/mol. The van der Waals surface area contributed by atoms with Crippen molar-refractivity contribution in [3.63, 3.8) is 0 Å². The molecule has 1 amide bonds. The van der Waals surface area contributed by atoms with Gasteiger partial charge in [0.2, 0.25) is 5.91 Å². The maximum absolute atomic E-state index is 11.8. The van der Waals surface area contributed by atoms with E-state index in [-0.39, 0.29) is 5.91 Å². The van der Waals surface area contributed by atoms with E-state index in [2.05, 4.69) is 10.3 Å². The van der Waals surface area contributed by atoms with Gasteiger partial charge in [0.05, 0.1) is 5.69 Å². The smallest absolute Gasteiger partial charge is 0.250 e. The van der Waals surface area contributed by atoms with Gasteiger partial charge in [-0.1, -0.05) is 29.8 Å². The second kappa shape index (κ2) is 7.15. The molecule has 1 aromatic heterocycles. The Bertz CT molecular complexity index is 629. The van der Waals surface area contributed by atoms with Crippen molar-refractivity contribution in [1.29, 1.82) is 0 Å². The number of carbonyl (C=O) groups excluding carboxylic acids is 1. The van der Waals surface area contributed by atoms with Crippen LogP contribution in [0.5, 0.6) is 0 Å². The largest absolute Gasteiger partial charge is 0.304 e. The van der Waals surface area contributed by atoms with Gasteiger partial charge in [0, 0.05) is 18.0 Å². The van der Waals surface area contributed by atoms with E-state index in [0.29, 0.717) is 5.13 Å². The van der Waals surface area contributed by atoms with Crippen molar-refractivity contribution in [3.05, 3.63) is 52.5 Å². The Morgan fingerprint density at radius 2 is 2.05 bits per heavy atom. The van der Waals surface area contributed by atoms with Crippen LogP contribution >= 0.6 is 11.3 Å². The quantitative estimate of drug-likeness (QED) is 0.863. The number of rotatable bonds is 5. The molecule has 0 aliphatic carbocycles. The van der Waals surface area contributed by atoms with Crippen LogP contribution in [-0.2, 0) is 11.3 Å². The van der Waals surface area contributed by atoms with Gasteiger partial charge in [-0.15, -0.1) is 11.3 Å². The molecule has 5 heteroatoms. The van der Waals surface area contributed by atoms with Gasteiger partial charge in [0.25, 0.3) is 0 Å². The second-order valence-electron chi connectivity index (χ2n) is 5.12. The molecule has 4 nitrogen and oxygen atoms in total. The fourth-order valence-corrected chi connectivity index (χ4v) is 2.46. The van der Waals surface area contributed by atoms with Crippen LogP contribution in [0.3, 0.4) is 0 Å². The van der Waals surface area contributed by atoms with Gasteiger partial charge in [0.1, 0.15) is 0 Å². The van der Waals surface area contributed by atoms with E-state index in [9.17, 15) is 4.79 Å². The number of carbonyl (C=O) groups is 1. The van der Waals surface area contributed by atoms with Crippen LogP contribution in [0, 0.1) is 6.92 Å². The maximum Gasteiger partial charge on any atom is 0.250 e. The highest BCUT2D eigenvalue weighted by Gasteiger charge is 2.05. The molecule has 2 aromatic rings. The van der Waals surface area contributed by atoms with Crippen molar-refractivity contribution in [2.24, 2.45) is 0 Å². The number of nitrogens with zero attached hydrogens (tertiary/aromatic N) is 2. The lowest BCUT2D eigenvalue weighted by Gasteiger charge is -2.05. The lowest BCUT2D eigenvalue weighted by Crippen LogP contribution is -2.11. The number of hydrogen-bond donors (Lipinski definition) is 1. The summed E-state index contributed by atoms with van der Waals surface area (Å²) >= 11 is 1.44. The Kier molecular flexibility index (Phi) is 5.25. The highest BCUT2D eigenvalue weighted by molar-refractivity contribution is 7.13. The lowest BCUT2D eigenvalue weighted by atomic mass is 10.1. The molecular weight excluding hydrogens is 282 g/mol. The molecule has 0 spiro atoms. The highest BCUT2D eigenvalue weighted by Crippen LogP contribution is 2.16. The van der Waals surface area contributed by atoms with E-state index in [1.165, 1.54) is 23.0 Å². The predicted octanol–water partition coefficient (Wildman–Crippen LogP) is 3.17. The van der Waals surface area contributed by atoms with Crippen molar-refractivity contribution in [1.82, 2.24) is 9.88 Å². The van der Waals surface area contributed by atoms with Crippen LogP contribution in [0.15, 0.2) is 35.7 Å². The first-order valence-electron chi connectivity index (χ1n) is 6.68. The standard InChI is InChI=1S/C16H19N3OS/c1-12-4-6-13(7-5-12)8-9-15(20)18-16-17-14(11-21-16)10-19(2)3/h4-9,11H,10H2,1-3H3,(H,17,18,20)/b9-8+. The number of anilines is 1. The molecule has 0 unspecified atom stereocenters. The van der Waals surface area contributed by atoms with Crippen LogP contribution in [0.25, 0.3) is 6.08 Å². The first kappa shape index (κ1) is 15.4. The summed E-state index contributed by atoms with van der Waals surface area (Å²) in [5.74, 6) is -0.165. The van der Waals surface area contributed by atoms with Crippen molar-refractivity contribution in [3.8, 4) is 0 Å². The lowest BCUT2D eigenvalue weighted by molar-refractivity contribution is -0.111. The van der Waals surface area contributed by atoms with Crippen LogP contribution in [0.1, 0.15) is 16.8 Å². The minimum Gasteiger partial charge on any atom is -0.304 e. The minimum atomic E-state index is -0.165. The van der Waals surface area contributed by atoms with Crippen LogP contribution in [-0.4, -0.2) is 29.9 Å². The van der Waals surface area contributed by atoms with Crippen LogP contribution in [0.2, 0.25) is 0 Å². The first-order valence-corrected chi connectivity index (χ1v) is 7.56. The zero-order valence-corrected chi connectivity index (χ0v) is 13.3. The van der Waals surface area contributed by atoms with E-state index >= 15 is 0 Å². The summed E-state index contributed by atoms with van der Waals surface area (Å²) in [7, 11) is 3.98. The number of thiazole rings is 1. The molecule has 0 radical (unpaired) electrons.